The minimum atomic E-state index is 0.938. The maximum Gasteiger partial charge on any atom is 0.0836 e. The maximum absolute atomic E-state index is 5.64. The van der Waals surface area contributed by atoms with E-state index in [0.29, 0.717) is 0 Å². The van der Waals surface area contributed by atoms with Gasteiger partial charge in [0.25, 0.3) is 0 Å². The van der Waals surface area contributed by atoms with E-state index in [2.05, 4.69) is 20.5 Å². The lowest BCUT2D eigenvalue weighted by molar-refractivity contribution is 0.183. The third-order valence-corrected chi connectivity index (χ3v) is 4.91. The van der Waals surface area contributed by atoms with Crippen molar-refractivity contribution in [1.82, 2.24) is 0 Å². The van der Waals surface area contributed by atoms with Crippen LogP contribution in [0.3, 0.4) is 0 Å². The predicted molar refractivity (Wildman–Crippen MR) is 109 cm³/mol. The Kier molecular flexibility index (Phi) is 22.9. The Balaban J connectivity index is 2.93. The normalized spacial score (nSPS) is 11.2. The van der Waals surface area contributed by atoms with Crippen molar-refractivity contribution in [1.29, 1.82) is 0 Å². The molecule has 0 amide bonds. The number of hydrogen-bond donors (Lipinski definition) is 0. The van der Waals surface area contributed by atoms with E-state index in [-0.39, 0.29) is 0 Å². The second-order valence-corrected chi connectivity index (χ2v) is 7.48. The van der Waals surface area contributed by atoms with Crippen molar-refractivity contribution in [2.24, 2.45) is 0 Å². The summed E-state index contributed by atoms with van der Waals surface area (Å²) in [5.41, 5.74) is 0. The van der Waals surface area contributed by atoms with Gasteiger partial charge in [-0.2, -0.15) is 0 Å². The number of rotatable bonds is 21. The standard InChI is InChI=1S/C23H47O/c1-3-5-7-9-11-13-15-17-19-21-23-24-22-20-18-16-14-12-10-8-6-4-2/h23H,3-22H2,1-2H3. The SMILES string of the molecule is CCCCCCCCCCC[CH]OCCCCCCCCCCC. The zero-order valence-corrected chi connectivity index (χ0v) is 17.1. The van der Waals surface area contributed by atoms with E-state index in [4.69, 9.17) is 4.74 Å². The molecule has 1 radical (unpaired) electrons. The number of hydrogen-bond acceptors (Lipinski definition) is 1. The Hall–Kier alpha value is -0.0400. The average Bonchev–Trinajstić information content (AvgIpc) is 2.60. The monoisotopic (exact) mass is 339 g/mol. The minimum Gasteiger partial charge on any atom is -0.376 e. The summed E-state index contributed by atoms with van der Waals surface area (Å²) in [7, 11) is 0. The summed E-state index contributed by atoms with van der Waals surface area (Å²) >= 11 is 0. The molecule has 145 valence electrons. The van der Waals surface area contributed by atoms with Crippen LogP contribution in [0.25, 0.3) is 0 Å². The summed E-state index contributed by atoms with van der Waals surface area (Å²) in [4.78, 5) is 0. The molecule has 0 spiro atoms. The molecule has 0 rings (SSSR count). The van der Waals surface area contributed by atoms with Crippen molar-refractivity contribution in [2.75, 3.05) is 6.61 Å². The topological polar surface area (TPSA) is 9.23 Å². The van der Waals surface area contributed by atoms with Crippen LogP contribution in [0.5, 0.6) is 0 Å². The van der Waals surface area contributed by atoms with Gasteiger partial charge in [0.15, 0.2) is 0 Å². The van der Waals surface area contributed by atoms with E-state index in [1.165, 1.54) is 116 Å². The molecule has 1 nitrogen and oxygen atoms in total. The first-order chi connectivity index (χ1) is 11.9. The molecular weight excluding hydrogens is 292 g/mol. The van der Waals surface area contributed by atoms with Crippen molar-refractivity contribution in [2.45, 2.75) is 136 Å². The fourth-order valence-corrected chi connectivity index (χ4v) is 3.20. The van der Waals surface area contributed by atoms with Gasteiger partial charge in [-0.25, -0.2) is 0 Å². The van der Waals surface area contributed by atoms with Gasteiger partial charge < -0.3 is 4.74 Å². The molecule has 0 aromatic heterocycles. The average molecular weight is 340 g/mol. The highest BCUT2D eigenvalue weighted by molar-refractivity contribution is 4.54. The van der Waals surface area contributed by atoms with Crippen LogP contribution in [0.2, 0.25) is 0 Å². The lowest BCUT2D eigenvalue weighted by atomic mass is 10.1. The molecule has 0 saturated carbocycles. The number of unbranched alkanes of at least 4 members (excludes halogenated alkanes) is 17. The Labute approximate surface area is 154 Å². The zero-order chi connectivity index (χ0) is 17.6. The van der Waals surface area contributed by atoms with Gasteiger partial charge in [-0.3, -0.25) is 0 Å². The Morgan fingerprint density at radius 1 is 0.458 bits per heavy atom. The summed E-state index contributed by atoms with van der Waals surface area (Å²) in [6.07, 6.45) is 26.3. The molecular formula is C23H47O. The van der Waals surface area contributed by atoms with Crippen molar-refractivity contribution < 1.29 is 4.74 Å². The third-order valence-electron chi connectivity index (χ3n) is 4.91. The highest BCUT2D eigenvalue weighted by Crippen LogP contribution is 2.12. The summed E-state index contributed by atoms with van der Waals surface area (Å²) in [6.45, 7) is 7.57. The first kappa shape index (κ1) is 24.0. The molecule has 0 unspecified atom stereocenters. The van der Waals surface area contributed by atoms with Gasteiger partial charge in [-0.05, 0) is 12.8 Å². The molecule has 0 N–H and O–H groups in total. The van der Waals surface area contributed by atoms with Crippen LogP contribution < -0.4 is 0 Å². The summed E-state index contributed by atoms with van der Waals surface area (Å²) in [5.74, 6) is 0. The molecule has 0 aliphatic rings. The maximum atomic E-state index is 5.64. The van der Waals surface area contributed by atoms with E-state index in [9.17, 15) is 0 Å². The highest BCUT2D eigenvalue weighted by Gasteiger charge is 1.95. The van der Waals surface area contributed by atoms with Gasteiger partial charge in [-0.15, -0.1) is 0 Å². The van der Waals surface area contributed by atoms with E-state index in [1.54, 1.807) is 0 Å². The molecule has 0 heterocycles. The van der Waals surface area contributed by atoms with Gasteiger partial charge in [0.1, 0.15) is 0 Å². The first-order valence-electron chi connectivity index (χ1n) is 11.3. The van der Waals surface area contributed by atoms with Crippen LogP contribution in [0, 0.1) is 6.61 Å². The zero-order valence-electron chi connectivity index (χ0n) is 17.1. The lowest BCUT2D eigenvalue weighted by Crippen LogP contribution is -1.92. The Bertz CT molecular complexity index is 180. The highest BCUT2D eigenvalue weighted by atomic mass is 16.5. The fourth-order valence-electron chi connectivity index (χ4n) is 3.20. The van der Waals surface area contributed by atoms with Crippen molar-refractivity contribution in [3.05, 3.63) is 6.61 Å². The van der Waals surface area contributed by atoms with E-state index < -0.39 is 0 Å². The quantitative estimate of drug-likeness (QED) is 0.190. The number of ether oxygens (including phenoxy) is 1. The van der Waals surface area contributed by atoms with Crippen LogP contribution in [-0.2, 0) is 4.74 Å². The van der Waals surface area contributed by atoms with Crippen LogP contribution in [0.1, 0.15) is 136 Å². The summed E-state index contributed by atoms with van der Waals surface area (Å²) in [5, 5.41) is 0. The van der Waals surface area contributed by atoms with Gasteiger partial charge in [-0.1, -0.05) is 123 Å². The minimum absolute atomic E-state index is 0.938. The van der Waals surface area contributed by atoms with Crippen LogP contribution in [-0.4, -0.2) is 6.61 Å². The van der Waals surface area contributed by atoms with E-state index in [1.807, 2.05) is 0 Å². The molecule has 0 saturated heterocycles. The first-order valence-corrected chi connectivity index (χ1v) is 11.3. The second-order valence-electron chi connectivity index (χ2n) is 7.48. The molecule has 1 heteroatoms. The van der Waals surface area contributed by atoms with E-state index in [0.717, 1.165) is 13.0 Å². The Morgan fingerprint density at radius 2 is 0.833 bits per heavy atom. The summed E-state index contributed by atoms with van der Waals surface area (Å²) in [6, 6.07) is 0. The molecule has 0 aliphatic heterocycles. The molecule has 0 aliphatic carbocycles. The van der Waals surface area contributed by atoms with Crippen molar-refractivity contribution in [3.8, 4) is 0 Å². The largest absolute Gasteiger partial charge is 0.376 e. The lowest BCUT2D eigenvalue weighted by Gasteiger charge is -2.05. The molecule has 0 fully saturated rings. The smallest absolute Gasteiger partial charge is 0.0836 e. The van der Waals surface area contributed by atoms with Crippen LogP contribution in [0.4, 0.5) is 0 Å². The summed E-state index contributed by atoms with van der Waals surface area (Å²) < 4.78 is 5.64. The van der Waals surface area contributed by atoms with Crippen LogP contribution in [0.15, 0.2) is 0 Å². The van der Waals surface area contributed by atoms with E-state index >= 15 is 0 Å². The van der Waals surface area contributed by atoms with Crippen molar-refractivity contribution in [3.63, 3.8) is 0 Å². The van der Waals surface area contributed by atoms with Crippen LogP contribution >= 0.6 is 0 Å². The fraction of sp³-hybridized carbons (Fsp3) is 0.957. The molecule has 0 aromatic carbocycles. The molecule has 0 atom stereocenters. The molecule has 0 bridgehead atoms. The second kappa shape index (κ2) is 23.0. The van der Waals surface area contributed by atoms with Gasteiger partial charge in [0, 0.05) is 6.61 Å². The third kappa shape index (κ3) is 22.0. The molecule has 0 aromatic rings. The predicted octanol–water partition coefficient (Wildman–Crippen LogP) is 8.62. The molecule has 24 heavy (non-hydrogen) atoms. The van der Waals surface area contributed by atoms with Gasteiger partial charge in [0.2, 0.25) is 0 Å². The van der Waals surface area contributed by atoms with Gasteiger partial charge in [0.05, 0.1) is 6.61 Å². The Morgan fingerprint density at radius 3 is 1.29 bits per heavy atom. The van der Waals surface area contributed by atoms with Gasteiger partial charge >= 0.3 is 0 Å². The van der Waals surface area contributed by atoms with Crippen molar-refractivity contribution >= 4 is 0 Å².